The quantitative estimate of drug-likeness (QED) is 0.776. The predicted octanol–water partition coefficient (Wildman–Crippen LogP) is 2.05. The van der Waals surface area contributed by atoms with Crippen molar-refractivity contribution in [3.8, 4) is 5.82 Å². The Morgan fingerprint density at radius 1 is 1.21 bits per heavy atom. The number of nitrogens with one attached hydrogen (secondary N) is 1. The lowest BCUT2D eigenvalue weighted by atomic mass is 10.4. The molecule has 3 aromatic heterocycles. The largest absolute Gasteiger partial charge is 0.369 e. The molecule has 0 spiro atoms. The lowest BCUT2D eigenvalue weighted by Crippen LogP contribution is -2.08. The Bertz CT molecular complexity index is 696. The molecule has 0 unspecified atom stereocenters. The molecule has 98 valence electrons. The van der Waals surface area contributed by atoms with Crippen LogP contribution >= 0.6 is 0 Å². The molecule has 3 aromatic rings. The summed E-state index contributed by atoms with van der Waals surface area (Å²) in [6, 6.07) is 0. The van der Waals surface area contributed by atoms with Crippen LogP contribution in [0.5, 0.6) is 0 Å². The number of fused-ring (bicyclic) bond motifs is 1. The van der Waals surface area contributed by atoms with E-state index in [1.165, 1.54) is 0 Å². The first-order chi connectivity index (χ1) is 9.29. The Labute approximate surface area is 111 Å². The first kappa shape index (κ1) is 11.7. The highest BCUT2D eigenvalue weighted by molar-refractivity contribution is 5.58. The second kappa shape index (κ2) is 4.72. The third kappa shape index (κ3) is 2.05. The van der Waals surface area contributed by atoms with Crippen molar-refractivity contribution in [3.63, 3.8) is 0 Å². The maximum absolute atomic E-state index is 4.64. The molecule has 0 fully saturated rings. The van der Waals surface area contributed by atoms with Gasteiger partial charge in [-0.3, -0.25) is 4.57 Å². The van der Waals surface area contributed by atoms with Gasteiger partial charge in [-0.15, -0.1) is 0 Å². The highest BCUT2D eigenvalue weighted by Crippen LogP contribution is 2.17. The van der Waals surface area contributed by atoms with E-state index in [9.17, 15) is 0 Å². The van der Waals surface area contributed by atoms with Crippen LogP contribution in [0.3, 0.4) is 0 Å². The maximum Gasteiger partial charge on any atom is 0.184 e. The summed E-state index contributed by atoms with van der Waals surface area (Å²) in [6.07, 6.45) is 10.4. The van der Waals surface area contributed by atoms with Gasteiger partial charge in [-0.05, 0) is 13.3 Å². The van der Waals surface area contributed by atoms with E-state index in [1.807, 2.05) is 34.5 Å². The monoisotopic (exact) mass is 256 g/mol. The van der Waals surface area contributed by atoms with E-state index in [1.54, 1.807) is 12.4 Å². The van der Waals surface area contributed by atoms with Crippen molar-refractivity contribution in [1.82, 2.24) is 23.9 Å². The van der Waals surface area contributed by atoms with E-state index in [-0.39, 0.29) is 0 Å². The molecule has 0 saturated heterocycles. The van der Waals surface area contributed by atoms with Crippen LogP contribution in [0.25, 0.3) is 11.5 Å². The van der Waals surface area contributed by atoms with Gasteiger partial charge in [-0.1, -0.05) is 6.92 Å². The average Bonchev–Trinajstić information content (AvgIpc) is 3.03. The molecule has 0 amide bonds. The molecule has 3 heterocycles. The molecule has 6 heteroatoms. The van der Waals surface area contributed by atoms with Crippen molar-refractivity contribution in [2.75, 3.05) is 11.9 Å². The Kier molecular flexibility index (Phi) is 2.91. The lowest BCUT2D eigenvalue weighted by Gasteiger charge is -2.10. The first-order valence-corrected chi connectivity index (χ1v) is 6.37. The number of aromatic nitrogens is 5. The van der Waals surface area contributed by atoms with Crippen molar-refractivity contribution in [2.24, 2.45) is 0 Å². The number of hydrogen-bond acceptors (Lipinski definition) is 4. The van der Waals surface area contributed by atoms with Crippen LogP contribution < -0.4 is 5.32 Å². The van der Waals surface area contributed by atoms with Gasteiger partial charge in [0.2, 0.25) is 0 Å². The second-order valence-electron chi connectivity index (χ2n) is 4.38. The lowest BCUT2D eigenvalue weighted by molar-refractivity contribution is 0.908. The number of hydrogen-bond donors (Lipinski definition) is 1. The van der Waals surface area contributed by atoms with Crippen molar-refractivity contribution >= 4 is 11.5 Å². The third-order valence-corrected chi connectivity index (χ3v) is 2.97. The van der Waals surface area contributed by atoms with Crippen LogP contribution in [0.15, 0.2) is 31.0 Å². The predicted molar refractivity (Wildman–Crippen MR) is 73.6 cm³/mol. The van der Waals surface area contributed by atoms with Crippen LogP contribution in [-0.4, -0.2) is 30.5 Å². The summed E-state index contributed by atoms with van der Waals surface area (Å²) in [5.41, 5.74) is 0.822. The number of aryl methyl sites for hydroxylation is 1. The van der Waals surface area contributed by atoms with Gasteiger partial charge in [-0.2, -0.15) is 0 Å². The first-order valence-electron chi connectivity index (χ1n) is 6.37. The van der Waals surface area contributed by atoms with Gasteiger partial charge in [0.05, 0.1) is 6.20 Å². The van der Waals surface area contributed by atoms with Gasteiger partial charge < -0.3 is 9.72 Å². The van der Waals surface area contributed by atoms with Crippen LogP contribution in [0.2, 0.25) is 0 Å². The van der Waals surface area contributed by atoms with Gasteiger partial charge >= 0.3 is 0 Å². The van der Waals surface area contributed by atoms with E-state index in [2.05, 4.69) is 27.2 Å². The van der Waals surface area contributed by atoms with Crippen LogP contribution in [0, 0.1) is 6.92 Å². The summed E-state index contributed by atoms with van der Waals surface area (Å²) in [5, 5.41) is 3.30. The number of anilines is 1. The van der Waals surface area contributed by atoms with E-state index in [0.717, 1.165) is 36.1 Å². The van der Waals surface area contributed by atoms with Crippen molar-refractivity contribution in [3.05, 3.63) is 36.8 Å². The standard InChI is InChI=1S/C13H16N6/c1-3-4-15-11-9-18-7-5-16-12(18)13(17-11)19-8-6-14-10(19)2/h5-9,15H,3-4H2,1-2H3. The van der Waals surface area contributed by atoms with Crippen molar-refractivity contribution < 1.29 is 0 Å². The highest BCUT2D eigenvalue weighted by atomic mass is 15.2. The van der Waals surface area contributed by atoms with Gasteiger partial charge in [0.25, 0.3) is 0 Å². The molecular formula is C13H16N6. The average molecular weight is 256 g/mol. The molecule has 0 saturated carbocycles. The van der Waals surface area contributed by atoms with E-state index in [4.69, 9.17) is 0 Å². The molecular weight excluding hydrogens is 240 g/mol. The minimum absolute atomic E-state index is 0.793. The zero-order valence-corrected chi connectivity index (χ0v) is 11.0. The van der Waals surface area contributed by atoms with E-state index < -0.39 is 0 Å². The van der Waals surface area contributed by atoms with Crippen LogP contribution in [0.1, 0.15) is 19.2 Å². The Morgan fingerprint density at radius 2 is 2.05 bits per heavy atom. The van der Waals surface area contributed by atoms with Gasteiger partial charge in [0.15, 0.2) is 11.5 Å². The fraction of sp³-hybridized carbons (Fsp3) is 0.308. The fourth-order valence-electron chi connectivity index (χ4n) is 2.02. The van der Waals surface area contributed by atoms with Crippen LogP contribution in [0.4, 0.5) is 5.82 Å². The second-order valence-corrected chi connectivity index (χ2v) is 4.38. The Balaban J connectivity index is 2.16. The number of imidazole rings is 2. The molecule has 0 atom stereocenters. The molecule has 3 rings (SSSR count). The maximum atomic E-state index is 4.64. The van der Waals surface area contributed by atoms with Gasteiger partial charge in [-0.25, -0.2) is 15.0 Å². The summed E-state index contributed by atoms with van der Waals surface area (Å²) >= 11 is 0. The molecule has 6 nitrogen and oxygen atoms in total. The summed E-state index contributed by atoms with van der Waals surface area (Å²) < 4.78 is 3.92. The normalized spacial score (nSPS) is 11.1. The molecule has 0 aliphatic heterocycles. The number of nitrogens with zero attached hydrogens (tertiary/aromatic N) is 5. The topological polar surface area (TPSA) is 60.0 Å². The van der Waals surface area contributed by atoms with Gasteiger partial charge in [0, 0.05) is 31.3 Å². The molecule has 1 N–H and O–H groups in total. The molecule has 19 heavy (non-hydrogen) atoms. The minimum atomic E-state index is 0.793. The smallest absolute Gasteiger partial charge is 0.184 e. The summed E-state index contributed by atoms with van der Waals surface area (Å²) in [5.74, 6) is 2.53. The summed E-state index contributed by atoms with van der Waals surface area (Å²) in [7, 11) is 0. The zero-order chi connectivity index (χ0) is 13.2. The molecule has 0 radical (unpaired) electrons. The highest BCUT2D eigenvalue weighted by Gasteiger charge is 2.10. The fourth-order valence-corrected chi connectivity index (χ4v) is 2.02. The van der Waals surface area contributed by atoms with Crippen molar-refractivity contribution in [1.29, 1.82) is 0 Å². The molecule has 0 aliphatic carbocycles. The van der Waals surface area contributed by atoms with Gasteiger partial charge in [0.1, 0.15) is 11.6 Å². The molecule has 0 aromatic carbocycles. The third-order valence-electron chi connectivity index (χ3n) is 2.97. The minimum Gasteiger partial charge on any atom is -0.369 e. The SMILES string of the molecule is CCCNc1cn2ccnc2c(-n2ccnc2C)n1. The van der Waals surface area contributed by atoms with E-state index in [0.29, 0.717) is 0 Å². The Morgan fingerprint density at radius 3 is 2.79 bits per heavy atom. The Hall–Kier alpha value is -2.37. The van der Waals surface area contributed by atoms with Crippen LogP contribution in [-0.2, 0) is 0 Å². The summed E-state index contributed by atoms with van der Waals surface area (Å²) in [6.45, 7) is 4.98. The van der Waals surface area contributed by atoms with Crippen molar-refractivity contribution in [2.45, 2.75) is 20.3 Å². The molecule has 0 bridgehead atoms. The zero-order valence-electron chi connectivity index (χ0n) is 11.0. The summed E-state index contributed by atoms with van der Waals surface area (Å²) in [4.78, 5) is 13.2. The molecule has 0 aliphatic rings. The van der Waals surface area contributed by atoms with E-state index >= 15 is 0 Å². The number of rotatable bonds is 4.